The van der Waals surface area contributed by atoms with Crippen molar-refractivity contribution >= 4 is 22.6 Å². The van der Waals surface area contributed by atoms with Crippen LogP contribution < -0.4 is 5.32 Å². The van der Waals surface area contributed by atoms with Gasteiger partial charge < -0.3 is 15.2 Å². The van der Waals surface area contributed by atoms with Crippen LogP contribution in [0.5, 0.6) is 0 Å². The van der Waals surface area contributed by atoms with Crippen molar-refractivity contribution in [2.24, 2.45) is 0 Å². The number of aromatic nitrogens is 2. The second-order valence-corrected chi connectivity index (χ2v) is 5.55. The maximum Gasteiger partial charge on any atom is 0.104 e. The summed E-state index contributed by atoms with van der Waals surface area (Å²) < 4.78 is 0. The molecule has 1 fully saturated rings. The third kappa shape index (κ3) is 2.61. The smallest absolute Gasteiger partial charge is 0.104 e. The Bertz CT molecular complexity index is 622. The van der Waals surface area contributed by atoms with Gasteiger partial charge in [-0.1, -0.05) is 0 Å². The lowest BCUT2D eigenvalue weighted by Gasteiger charge is -2.33. The number of amidine groups is 1. The molecule has 0 bridgehead atoms. The molecule has 0 unspecified atom stereocenters. The van der Waals surface area contributed by atoms with E-state index in [0.29, 0.717) is 11.9 Å². The van der Waals surface area contributed by atoms with Crippen molar-refractivity contribution < 1.29 is 0 Å². The summed E-state index contributed by atoms with van der Waals surface area (Å²) in [5, 5.41) is 11.3. The molecule has 0 aliphatic carbocycles. The van der Waals surface area contributed by atoms with E-state index in [9.17, 15) is 0 Å². The first kappa shape index (κ1) is 13.0. The van der Waals surface area contributed by atoms with Crippen LogP contribution in [0, 0.1) is 12.3 Å². The van der Waals surface area contributed by atoms with E-state index >= 15 is 0 Å². The summed E-state index contributed by atoms with van der Waals surface area (Å²) in [6.45, 7) is 5.78. The number of H-pyrrole nitrogens is 1. The number of benzene rings is 1. The van der Waals surface area contributed by atoms with Crippen LogP contribution in [-0.2, 0) is 0 Å². The van der Waals surface area contributed by atoms with E-state index in [2.05, 4.69) is 38.4 Å². The minimum absolute atomic E-state index is 0.493. The molecule has 0 radical (unpaired) electrons. The largest absolute Gasteiger partial charge is 0.382 e. The summed E-state index contributed by atoms with van der Waals surface area (Å²) in [5.74, 6) is 1.63. The van der Waals surface area contributed by atoms with Gasteiger partial charge >= 0.3 is 0 Å². The van der Waals surface area contributed by atoms with E-state index in [1.807, 2.05) is 13.8 Å². The fourth-order valence-corrected chi connectivity index (χ4v) is 2.82. The highest BCUT2D eigenvalue weighted by Gasteiger charge is 2.19. The first-order valence-electron chi connectivity index (χ1n) is 7.15. The lowest BCUT2D eigenvalue weighted by Crippen LogP contribution is -2.41. The highest BCUT2D eigenvalue weighted by Crippen LogP contribution is 2.20. The topological polar surface area (TPSA) is 67.8 Å². The molecule has 1 saturated heterocycles. The number of rotatable bonds is 2. The molecule has 0 amide bonds. The first-order valence-corrected chi connectivity index (χ1v) is 7.15. The van der Waals surface area contributed by atoms with Gasteiger partial charge in [0.2, 0.25) is 0 Å². The molecular weight excluding hydrogens is 250 g/mol. The molecule has 1 aliphatic heterocycles. The van der Waals surface area contributed by atoms with Crippen molar-refractivity contribution in [3.8, 4) is 0 Å². The zero-order valence-corrected chi connectivity index (χ0v) is 12.0. The lowest BCUT2D eigenvalue weighted by atomic mass is 10.0. The molecule has 1 aromatic heterocycles. The Morgan fingerprint density at radius 3 is 2.85 bits per heavy atom. The van der Waals surface area contributed by atoms with E-state index in [4.69, 9.17) is 5.41 Å². The van der Waals surface area contributed by atoms with Crippen LogP contribution in [0.3, 0.4) is 0 Å². The summed E-state index contributed by atoms with van der Waals surface area (Å²) in [6.07, 6.45) is 2.16. The quantitative estimate of drug-likeness (QED) is 0.581. The predicted molar refractivity (Wildman–Crippen MR) is 82.4 cm³/mol. The molecule has 2 aromatic rings. The van der Waals surface area contributed by atoms with Gasteiger partial charge in [-0.3, -0.25) is 5.41 Å². The molecular formula is C15H21N5. The number of hydrogen-bond acceptors (Lipinski definition) is 3. The van der Waals surface area contributed by atoms with Crippen molar-refractivity contribution in [2.45, 2.75) is 32.7 Å². The zero-order chi connectivity index (χ0) is 14.1. The Kier molecular flexibility index (Phi) is 3.34. The second kappa shape index (κ2) is 5.15. The normalized spacial score (nSPS) is 16.6. The van der Waals surface area contributed by atoms with Crippen molar-refractivity contribution in [1.29, 1.82) is 5.41 Å². The molecule has 1 aliphatic rings. The number of nitrogens with zero attached hydrogens (tertiary/aromatic N) is 2. The summed E-state index contributed by atoms with van der Waals surface area (Å²) in [5.41, 5.74) is 3.24. The Hall–Kier alpha value is -2.04. The van der Waals surface area contributed by atoms with Crippen molar-refractivity contribution in [3.63, 3.8) is 0 Å². The lowest BCUT2D eigenvalue weighted by molar-refractivity contribution is 0.321. The molecule has 2 heterocycles. The van der Waals surface area contributed by atoms with Gasteiger partial charge in [-0.25, -0.2) is 4.98 Å². The highest BCUT2D eigenvalue weighted by molar-refractivity contribution is 5.79. The number of anilines is 1. The van der Waals surface area contributed by atoms with Crippen molar-refractivity contribution in [2.75, 3.05) is 18.4 Å². The van der Waals surface area contributed by atoms with Crippen LogP contribution in [-0.4, -0.2) is 39.8 Å². The van der Waals surface area contributed by atoms with Crippen molar-refractivity contribution in [3.05, 3.63) is 24.0 Å². The van der Waals surface area contributed by atoms with Gasteiger partial charge in [0.1, 0.15) is 5.82 Å². The Labute approximate surface area is 118 Å². The molecule has 0 spiro atoms. The Morgan fingerprint density at radius 2 is 2.15 bits per heavy atom. The average molecular weight is 271 g/mol. The van der Waals surface area contributed by atoms with Gasteiger partial charge in [0.05, 0.1) is 16.9 Å². The minimum atomic E-state index is 0.493. The standard InChI is InChI=1S/C15H21N5/c1-10(16)20-7-5-12(6-8-20)19-13-3-4-14-15(9-13)18-11(2)17-14/h3-4,9,12,16,19H,5-8H2,1-2H3,(H,17,18). The van der Waals surface area contributed by atoms with Crippen LogP contribution >= 0.6 is 0 Å². The van der Waals surface area contributed by atoms with Gasteiger partial charge in [-0.2, -0.15) is 0 Å². The summed E-state index contributed by atoms with van der Waals surface area (Å²) in [7, 11) is 0. The minimum Gasteiger partial charge on any atom is -0.382 e. The van der Waals surface area contributed by atoms with E-state index in [1.54, 1.807) is 0 Å². The van der Waals surface area contributed by atoms with Gasteiger partial charge in [-0.15, -0.1) is 0 Å². The van der Waals surface area contributed by atoms with E-state index in [1.165, 1.54) is 0 Å². The molecule has 1 aromatic carbocycles. The molecule has 3 N–H and O–H groups in total. The number of hydrogen-bond donors (Lipinski definition) is 3. The molecule has 0 atom stereocenters. The number of aryl methyl sites for hydroxylation is 1. The van der Waals surface area contributed by atoms with E-state index in [0.717, 1.165) is 48.5 Å². The third-order valence-electron chi connectivity index (χ3n) is 3.94. The number of likely N-dealkylation sites (tertiary alicyclic amines) is 1. The van der Waals surface area contributed by atoms with Crippen LogP contribution in [0.15, 0.2) is 18.2 Å². The number of fused-ring (bicyclic) bond motifs is 1. The number of nitrogens with one attached hydrogen (secondary N) is 3. The SMILES string of the molecule is CC(=N)N1CCC(Nc2ccc3nc(C)[nH]c3c2)CC1. The summed E-state index contributed by atoms with van der Waals surface area (Å²) in [4.78, 5) is 9.83. The fourth-order valence-electron chi connectivity index (χ4n) is 2.82. The van der Waals surface area contributed by atoms with Crippen LogP contribution in [0.25, 0.3) is 11.0 Å². The Balaban J connectivity index is 1.66. The maximum atomic E-state index is 7.66. The molecule has 5 nitrogen and oxygen atoms in total. The van der Waals surface area contributed by atoms with Crippen LogP contribution in [0.2, 0.25) is 0 Å². The van der Waals surface area contributed by atoms with Gasteiger partial charge in [0.25, 0.3) is 0 Å². The van der Waals surface area contributed by atoms with Gasteiger partial charge in [-0.05, 0) is 44.9 Å². The van der Waals surface area contributed by atoms with Gasteiger partial charge in [0, 0.05) is 24.8 Å². The second-order valence-electron chi connectivity index (χ2n) is 5.55. The predicted octanol–water partition coefficient (Wildman–Crippen LogP) is 2.74. The number of aromatic amines is 1. The summed E-state index contributed by atoms with van der Waals surface area (Å²) in [6, 6.07) is 6.77. The first-order chi connectivity index (χ1) is 9.61. The van der Waals surface area contributed by atoms with Crippen LogP contribution in [0.4, 0.5) is 5.69 Å². The van der Waals surface area contributed by atoms with Crippen LogP contribution in [0.1, 0.15) is 25.6 Å². The maximum absolute atomic E-state index is 7.66. The van der Waals surface area contributed by atoms with Gasteiger partial charge in [0.15, 0.2) is 0 Å². The third-order valence-corrected chi connectivity index (χ3v) is 3.94. The molecule has 20 heavy (non-hydrogen) atoms. The zero-order valence-electron chi connectivity index (χ0n) is 12.0. The Morgan fingerprint density at radius 1 is 1.40 bits per heavy atom. The monoisotopic (exact) mass is 271 g/mol. The molecule has 5 heteroatoms. The number of piperidine rings is 1. The molecule has 106 valence electrons. The van der Waals surface area contributed by atoms with Crippen molar-refractivity contribution in [1.82, 2.24) is 14.9 Å². The number of imidazole rings is 1. The molecule has 3 rings (SSSR count). The average Bonchev–Trinajstić information content (AvgIpc) is 2.78. The van der Waals surface area contributed by atoms with E-state index in [-0.39, 0.29) is 0 Å². The summed E-state index contributed by atoms with van der Waals surface area (Å²) >= 11 is 0. The molecule has 0 saturated carbocycles. The van der Waals surface area contributed by atoms with E-state index < -0.39 is 0 Å². The fraction of sp³-hybridized carbons (Fsp3) is 0.467. The highest BCUT2D eigenvalue weighted by atomic mass is 15.2.